The van der Waals surface area contributed by atoms with Crippen molar-refractivity contribution in [3.8, 4) is 0 Å². The van der Waals surface area contributed by atoms with Crippen molar-refractivity contribution in [1.29, 1.82) is 0 Å². The van der Waals surface area contributed by atoms with Crippen molar-refractivity contribution in [2.75, 3.05) is 13.1 Å². The average Bonchev–Trinajstić information content (AvgIpc) is 2.60. The van der Waals surface area contributed by atoms with Gasteiger partial charge in [-0.25, -0.2) is 0 Å². The second-order valence-corrected chi connectivity index (χ2v) is 4.22. The van der Waals surface area contributed by atoms with Crippen LogP contribution in [0, 0.1) is 5.92 Å². The molecule has 0 bridgehead atoms. The van der Waals surface area contributed by atoms with E-state index in [1.165, 1.54) is 12.1 Å². The lowest BCUT2D eigenvalue weighted by molar-refractivity contribution is 0.374. The van der Waals surface area contributed by atoms with Crippen LogP contribution < -0.4 is 5.32 Å². The highest BCUT2D eigenvalue weighted by molar-refractivity contribution is 5.31. The molecule has 2 heterocycles. The fourth-order valence-electron chi connectivity index (χ4n) is 2.45. The van der Waals surface area contributed by atoms with Crippen LogP contribution in [-0.4, -0.2) is 18.2 Å². The van der Waals surface area contributed by atoms with Gasteiger partial charge in [0.05, 0.1) is 5.69 Å². The van der Waals surface area contributed by atoms with E-state index in [9.17, 15) is 0 Å². The summed E-state index contributed by atoms with van der Waals surface area (Å²) < 4.78 is 5.24. The van der Waals surface area contributed by atoms with Gasteiger partial charge in [-0.1, -0.05) is 12.1 Å². The highest BCUT2D eigenvalue weighted by Crippen LogP contribution is 2.55. The summed E-state index contributed by atoms with van der Waals surface area (Å²) in [5, 5.41) is 7.57. The highest BCUT2D eigenvalue weighted by Gasteiger charge is 2.59. The molecule has 3 rings (SSSR count). The Morgan fingerprint density at radius 1 is 1.77 bits per heavy atom. The first-order chi connectivity index (χ1) is 6.35. The zero-order valence-electron chi connectivity index (χ0n) is 7.84. The summed E-state index contributed by atoms with van der Waals surface area (Å²) >= 11 is 0. The van der Waals surface area contributed by atoms with E-state index < -0.39 is 0 Å². The molecule has 1 aromatic rings. The van der Waals surface area contributed by atoms with E-state index in [-0.39, 0.29) is 0 Å². The van der Waals surface area contributed by atoms with Gasteiger partial charge in [-0.05, 0) is 18.9 Å². The Hall–Kier alpha value is -0.830. The van der Waals surface area contributed by atoms with Crippen LogP contribution in [0.25, 0.3) is 0 Å². The lowest BCUT2D eigenvalue weighted by Crippen LogP contribution is -2.19. The molecule has 1 saturated heterocycles. The van der Waals surface area contributed by atoms with Gasteiger partial charge in [0.2, 0.25) is 0 Å². The summed E-state index contributed by atoms with van der Waals surface area (Å²) in [5.41, 5.74) is 1.54. The van der Waals surface area contributed by atoms with E-state index in [4.69, 9.17) is 4.52 Å². The normalized spacial score (nSPS) is 36.2. The Kier molecular flexibility index (Phi) is 1.37. The second kappa shape index (κ2) is 2.35. The van der Waals surface area contributed by atoms with Crippen molar-refractivity contribution >= 4 is 0 Å². The Labute approximate surface area is 77.5 Å². The van der Waals surface area contributed by atoms with Gasteiger partial charge in [0.15, 0.2) is 0 Å². The van der Waals surface area contributed by atoms with Crippen LogP contribution in [0.3, 0.4) is 0 Å². The first-order valence-electron chi connectivity index (χ1n) is 5.02. The maximum Gasteiger partial charge on any atom is 0.136 e. The van der Waals surface area contributed by atoms with Crippen LogP contribution >= 0.6 is 0 Å². The number of nitrogens with zero attached hydrogens (tertiary/aromatic N) is 1. The van der Waals surface area contributed by atoms with E-state index in [1.807, 2.05) is 0 Å². The molecule has 13 heavy (non-hydrogen) atoms. The summed E-state index contributed by atoms with van der Waals surface area (Å²) in [6.07, 6.45) is 2.25. The molecule has 70 valence electrons. The SMILES string of the molecule is CCc1cc([C@@]23CNC[C@@H]2C3)no1. The first kappa shape index (κ1) is 7.56. The molecule has 2 fully saturated rings. The van der Waals surface area contributed by atoms with Crippen molar-refractivity contribution in [3.63, 3.8) is 0 Å². The monoisotopic (exact) mass is 178 g/mol. The Morgan fingerprint density at radius 3 is 3.23 bits per heavy atom. The van der Waals surface area contributed by atoms with Crippen LogP contribution in [0.4, 0.5) is 0 Å². The quantitative estimate of drug-likeness (QED) is 0.737. The minimum Gasteiger partial charge on any atom is -0.361 e. The van der Waals surface area contributed by atoms with E-state index in [0.717, 1.165) is 31.2 Å². The van der Waals surface area contributed by atoms with E-state index >= 15 is 0 Å². The molecule has 0 aromatic carbocycles. The van der Waals surface area contributed by atoms with E-state index in [1.54, 1.807) is 0 Å². The molecule has 1 aliphatic heterocycles. The molecule has 1 aliphatic carbocycles. The van der Waals surface area contributed by atoms with Gasteiger partial charge >= 0.3 is 0 Å². The molecule has 1 saturated carbocycles. The summed E-state index contributed by atoms with van der Waals surface area (Å²) in [6.45, 7) is 4.35. The number of nitrogens with one attached hydrogen (secondary N) is 1. The lowest BCUT2D eigenvalue weighted by Gasteiger charge is -2.04. The molecular weight excluding hydrogens is 164 g/mol. The van der Waals surface area contributed by atoms with Gasteiger partial charge in [-0.3, -0.25) is 0 Å². The maximum absolute atomic E-state index is 5.24. The molecule has 3 nitrogen and oxygen atoms in total. The number of aryl methyl sites for hydroxylation is 1. The number of fused-ring (bicyclic) bond motifs is 1. The fourth-order valence-corrected chi connectivity index (χ4v) is 2.45. The van der Waals surface area contributed by atoms with Gasteiger partial charge in [0.1, 0.15) is 5.76 Å². The third-order valence-electron chi connectivity index (χ3n) is 3.48. The van der Waals surface area contributed by atoms with Crippen LogP contribution in [0.15, 0.2) is 10.6 Å². The van der Waals surface area contributed by atoms with Crippen molar-refractivity contribution in [1.82, 2.24) is 10.5 Å². The van der Waals surface area contributed by atoms with Crippen molar-refractivity contribution < 1.29 is 4.52 Å². The number of piperidine rings is 1. The van der Waals surface area contributed by atoms with E-state index in [0.29, 0.717) is 5.41 Å². The van der Waals surface area contributed by atoms with Crippen molar-refractivity contribution in [2.24, 2.45) is 5.92 Å². The zero-order chi connectivity index (χ0) is 8.89. The zero-order valence-corrected chi connectivity index (χ0v) is 7.84. The van der Waals surface area contributed by atoms with Crippen molar-refractivity contribution in [2.45, 2.75) is 25.2 Å². The van der Waals surface area contributed by atoms with Crippen molar-refractivity contribution in [3.05, 3.63) is 17.5 Å². The average molecular weight is 178 g/mol. The molecule has 0 radical (unpaired) electrons. The predicted molar refractivity (Wildman–Crippen MR) is 48.5 cm³/mol. The molecule has 3 heteroatoms. The summed E-state index contributed by atoms with van der Waals surface area (Å²) in [4.78, 5) is 0. The van der Waals surface area contributed by atoms with Crippen LogP contribution in [0.1, 0.15) is 24.8 Å². The van der Waals surface area contributed by atoms with Gasteiger partial charge in [-0.15, -0.1) is 0 Å². The fraction of sp³-hybridized carbons (Fsp3) is 0.700. The van der Waals surface area contributed by atoms with E-state index in [2.05, 4.69) is 23.5 Å². The highest BCUT2D eigenvalue weighted by atomic mass is 16.5. The summed E-state index contributed by atoms with van der Waals surface area (Å²) in [5.74, 6) is 1.84. The van der Waals surface area contributed by atoms with Gasteiger partial charge in [-0.2, -0.15) is 0 Å². The topological polar surface area (TPSA) is 38.1 Å². The smallest absolute Gasteiger partial charge is 0.136 e. The molecule has 0 spiro atoms. The molecule has 1 aromatic heterocycles. The molecule has 0 unspecified atom stereocenters. The standard InChI is InChI=1S/C10H14N2O/c1-2-8-3-9(12-13-8)10-4-7(10)5-11-6-10/h3,7,11H,2,4-6H2,1H3/t7-,10-/m0/s1. The third kappa shape index (κ3) is 0.908. The second-order valence-electron chi connectivity index (χ2n) is 4.22. The molecule has 1 N–H and O–H groups in total. The van der Waals surface area contributed by atoms with Crippen LogP contribution in [-0.2, 0) is 11.8 Å². The summed E-state index contributed by atoms with van der Waals surface area (Å²) in [7, 11) is 0. The van der Waals surface area contributed by atoms with Crippen LogP contribution in [0.5, 0.6) is 0 Å². The minimum absolute atomic E-state index is 0.358. The Balaban J connectivity index is 1.92. The molecule has 2 atom stereocenters. The Bertz CT molecular complexity index is 333. The number of aromatic nitrogens is 1. The number of rotatable bonds is 2. The van der Waals surface area contributed by atoms with Gasteiger partial charge in [0.25, 0.3) is 0 Å². The molecule has 2 aliphatic rings. The third-order valence-corrected chi connectivity index (χ3v) is 3.48. The lowest BCUT2D eigenvalue weighted by atomic mass is 10.0. The first-order valence-corrected chi connectivity index (χ1v) is 5.02. The maximum atomic E-state index is 5.24. The van der Waals surface area contributed by atoms with Crippen LogP contribution in [0.2, 0.25) is 0 Å². The predicted octanol–water partition coefficient (Wildman–Crippen LogP) is 1.10. The largest absolute Gasteiger partial charge is 0.361 e. The molecular formula is C10H14N2O. The number of hydrogen-bond acceptors (Lipinski definition) is 3. The minimum atomic E-state index is 0.358. The molecule has 0 amide bonds. The van der Waals surface area contributed by atoms with Gasteiger partial charge in [0, 0.05) is 24.4 Å². The van der Waals surface area contributed by atoms with Gasteiger partial charge < -0.3 is 9.84 Å². The summed E-state index contributed by atoms with van der Waals surface area (Å²) in [6, 6.07) is 2.13. The Morgan fingerprint density at radius 2 is 2.69 bits per heavy atom. The number of hydrogen-bond donors (Lipinski definition) is 1.